The molecule has 2 heteroatoms. The molecule has 0 radical (unpaired) electrons. The number of carbonyl (C=O) groups is 1. The topological polar surface area (TPSA) is 29.1 Å². The van der Waals surface area contributed by atoms with Crippen molar-refractivity contribution < 1.29 is 4.79 Å². The standard InChI is InChI=1S/C20H23NO/c1-2-7-19(16-8-4-3-5-9-16)20(22)21-18-13-12-15-10-6-11-17(15)14-18/h3-5,8-9,12-14,19H,2,6-7,10-11H2,1H3,(H,21,22)/t19-/m0/s1. The largest absolute Gasteiger partial charge is 0.326 e. The summed E-state index contributed by atoms with van der Waals surface area (Å²) in [4.78, 5) is 12.7. The number of nitrogens with one attached hydrogen (secondary N) is 1. The molecule has 2 aromatic rings. The SMILES string of the molecule is CCC[C@H](C(=O)Nc1ccc2c(c1)CCC2)c1ccccc1. The molecule has 3 rings (SSSR count). The van der Waals surface area contributed by atoms with Gasteiger partial charge in [0.15, 0.2) is 0 Å². The zero-order chi connectivity index (χ0) is 15.4. The second-order valence-electron chi connectivity index (χ2n) is 6.08. The third-order valence-corrected chi connectivity index (χ3v) is 4.46. The minimum atomic E-state index is -0.0699. The van der Waals surface area contributed by atoms with Crippen molar-refractivity contribution in [3.8, 4) is 0 Å². The summed E-state index contributed by atoms with van der Waals surface area (Å²) in [5.74, 6) is 0.0328. The molecule has 1 amide bonds. The van der Waals surface area contributed by atoms with Crippen molar-refractivity contribution in [2.24, 2.45) is 0 Å². The number of fused-ring (bicyclic) bond motifs is 1. The van der Waals surface area contributed by atoms with Crippen molar-refractivity contribution in [2.45, 2.75) is 44.9 Å². The van der Waals surface area contributed by atoms with Crippen molar-refractivity contribution in [2.75, 3.05) is 5.32 Å². The van der Waals surface area contributed by atoms with Gasteiger partial charge in [-0.3, -0.25) is 4.79 Å². The first-order chi connectivity index (χ1) is 10.8. The summed E-state index contributed by atoms with van der Waals surface area (Å²) in [7, 11) is 0. The predicted molar refractivity (Wildman–Crippen MR) is 91.2 cm³/mol. The van der Waals surface area contributed by atoms with Crippen LogP contribution in [0.5, 0.6) is 0 Å². The van der Waals surface area contributed by atoms with Gasteiger partial charge in [0.25, 0.3) is 0 Å². The van der Waals surface area contributed by atoms with Crippen LogP contribution in [0.2, 0.25) is 0 Å². The lowest BCUT2D eigenvalue weighted by molar-refractivity contribution is -0.117. The van der Waals surface area contributed by atoms with Crippen LogP contribution in [0.1, 0.15) is 48.8 Å². The van der Waals surface area contributed by atoms with Gasteiger partial charge in [-0.1, -0.05) is 49.7 Å². The van der Waals surface area contributed by atoms with Gasteiger partial charge in [0.1, 0.15) is 0 Å². The maximum atomic E-state index is 12.7. The van der Waals surface area contributed by atoms with Crippen LogP contribution >= 0.6 is 0 Å². The van der Waals surface area contributed by atoms with Crippen molar-refractivity contribution in [1.29, 1.82) is 0 Å². The van der Waals surface area contributed by atoms with Gasteiger partial charge in [-0.2, -0.15) is 0 Å². The first-order valence-corrected chi connectivity index (χ1v) is 8.25. The quantitative estimate of drug-likeness (QED) is 0.850. The summed E-state index contributed by atoms with van der Waals surface area (Å²) in [6.07, 6.45) is 5.41. The van der Waals surface area contributed by atoms with E-state index in [1.165, 1.54) is 24.0 Å². The third kappa shape index (κ3) is 3.22. The molecule has 1 atom stereocenters. The fourth-order valence-corrected chi connectivity index (χ4v) is 3.30. The fourth-order valence-electron chi connectivity index (χ4n) is 3.30. The molecule has 0 saturated heterocycles. The second kappa shape index (κ2) is 6.78. The third-order valence-electron chi connectivity index (χ3n) is 4.46. The van der Waals surface area contributed by atoms with E-state index in [1.807, 2.05) is 36.4 Å². The van der Waals surface area contributed by atoms with Gasteiger partial charge in [-0.25, -0.2) is 0 Å². The van der Waals surface area contributed by atoms with Gasteiger partial charge in [-0.15, -0.1) is 0 Å². The molecule has 0 spiro atoms. The van der Waals surface area contributed by atoms with Gasteiger partial charge in [0, 0.05) is 5.69 Å². The Labute approximate surface area is 132 Å². The van der Waals surface area contributed by atoms with Crippen LogP contribution < -0.4 is 5.32 Å². The molecule has 0 heterocycles. The number of hydrogen-bond acceptors (Lipinski definition) is 1. The highest BCUT2D eigenvalue weighted by molar-refractivity contribution is 5.96. The summed E-state index contributed by atoms with van der Waals surface area (Å²) in [6.45, 7) is 2.12. The van der Waals surface area contributed by atoms with Crippen molar-refractivity contribution in [3.63, 3.8) is 0 Å². The highest BCUT2D eigenvalue weighted by Gasteiger charge is 2.20. The molecule has 1 aliphatic carbocycles. The van der Waals surface area contributed by atoms with E-state index in [0.29, 0.717) is 0 Å². The number of hydrogen-bond donors (Lipinski definition) is 1. The Morgan fingerprint density at radius 1 is 1.09 bits per heavy atom. The zero-order valence-corrected chi connectivity index (χ0v) is 13.1. The normalized spacial score (nSPS) is 14.4. The Bertz CT molecular complexity index is 648. The molecule has 22 heavy (non-hydrogen) atoms. The molecular formula is C20H23NO. The van der Waals surface area contributed by atoms with Crippen LogP contribution in [0, 0.1) is 0 Å². The van der Waals surface area contributed by atoms with E-state index in [2.05, 4.69) is 24.4 Å². The van der Waals surface area contributed by atoms with Crippen LogP contribution in [0.4, 0.5) is 5.69 Å². The number of benzene rings is 2. The molecule has 114 valence electrons. The van der Waals surface area contributed by atoms with Crippen molar-refractivity contribution in [1.82, 2.24) is 0 Å². The van der Waals surface area contributed by atoms with Crippen LogP contribution in [-0.2, 0) is 17.6 Å². The average Bonchev–Trinajstić information content (AvgIpc) is 3.01. The minimum Gasteiger partial charge on any atom is -0.326 e. The maximum Gasteiger partial charge on any atom is 0.231 e. The van der Waals surface area contributed by atoms with Crippen LogP contribution in [-0.4, -0.2) is 5.91 Å². The molecule has 1 N–H and O–H groups in total. The first kappa shape index (κ1) is 14.8. The summed E-state index contributed by atoms with van der Waals surface area (Å²) >= 11 is 0. The fraction of sp³-hybridized carbons (Fsp3) is 0.350. The molecule has 0 unspecified atom stereocenters. The van der Waals surface area contributed by atoms with E-state index in [1.54, 1.807) is 0 Å². The Kier molecular flexibility index (Phi) is 4.57. The summed E-state index contributed by atoms with van der Waals surface area (Å²) in [5, 5.41) is 3.12. The Balaban J connectivity index is 1.76. The molecule has 2 aromatic carbocycles. The number of amides is 1. The maximum absolute atomic E-state index is 12.7. The summed E-state index contributed by atoms with van der Waals surface area (Å²) in [6, 6.07) is 16.4. The molecule has 2 nitrogen and oxygen atoms in total. The predicted octanol–water partition coefficient (Wildman–Crippen LogP) is 4.70. The number of rotatable bonds is 5. The lowest BCUT2D eigenvalue weighted by Crippen LogP contribution is -2.21. The minimum absolute atomic E-state index is 0.0699. The zero-order valence-electron chi connectivity index (χ0n) is 13.1. The van der Waals surface area contributed by atoms with Gasteiger partial charge < -0.3 is 5.32 Å². The molecular weight excluding hydrogens is 270 g/mol. The highest BCUT2D eigenvalue weighted by Crippen LogP contribution is 2.27. The van der Waals surface area contributed by atoms with Crippen molar-refractivity contribution >= 4 is 11.6 Å². The van der Waals surface area contributed by atoms with E-state index in [-0.39, 0.29) is 11.8 Å². The smallest absolute Gasteiger partial charge is 0.231 e. The molecule has 0 aromatic heterocycles. The van der Waals surface area contributed by atoms with Gasteiger partial charge in [0.05, 0.1) is 5.92 Å². The Morgan fingerprint density at radius 2 is 1.86 bits per heavy atom. The number of aryl methyl sites for hydroxylation is 2. The molecule has 0 aliphatic heterocycles. The lowest BCUT2D eigenvalue weighted by atomic mass is 9.93. The first-order valence-electron chi connectivity index (χ1n) is 8.25. The molecule has 0 saturated carbocycles. The van der Waals surface area contributed by atoms with Gasteiger partial charge in [-0.05, 0) is 54.5 Å². The van der Waals surface area contributed by atoms with Crippen LogP contribution in [0.15, 0.2) is 48.5 Å². The van der Waals surface area contributed by atoms with Crippen molar-refractivity contribution in [3.05, 3.63) is 65.2 Å². The molecule has 1 aliphatic rings. The second-order valence-corrected chi connectivity index (χ2v) is 6.08. The summed E-state index contributed by atoms with van der Waals surface area (Å²) in [5.41, 5.74) is 4.86. The Hall–Kier alpha value is -2.09. The molecule has 0 bridgehead atoms. The van der Waals surface area contributed by atoms with E-state index in [0.717, 1.165) is 30.5 Å². The van der Waals surface area contributed by atoms with Gasteiger partial charge in [0.2, 0.25) is 5.91 Å². The Morgan fingerprint density at radius 3 is 2.64 bits per heavy atom. The van der Waals surface area contributed by atoms with E-state index >= 15 is 0 Å². The monoisotopic (exact) mass is 293 g/mol. The molecule has 0 fully saturated rings. The van der Waals surface area contributed by atoms with Gasteiger partial charge >= 0.3 is 0 Å². The van der Waals surface area contributed by atoms with E-state index in [9.17, 15) is 4.79 Å². The van der Waals surface area contributed by atoms with Crippen LogP contribution in [0.25, 0.3) is 0 Å². The number of anilines is 1. The van der Waals surface area contributed by atoms with E-state index < -0.39 is 0 Å². The lowest BCUT2D eigenvalue weighted by Gasteiger charge is -2.17. The highest BCUT2D eigenvalue weighted by atomic mass is 16.1. The average molecular weight is 293 g/mol. The summed E-state index contributed by atoms with van der Waals surface area (Å²) < 4.78 is 0. The van der Waals surface area contributed by atoms with E-state index in [4.69, 9.17) is 0 Å². The van der Waals surface area contributed by atoms with Crippen LogP contribution in [0.3, 0.4) is 0 Å². The number of carbonyl (C=O) groups excluding carboxylic acids is 1.